The summed E-state index contributed by atoms with van der Waals surface area (Å²) in [5.74, 6) is -4.90. The number of carboxylic acids is 2. The van der Waals surface area contributed by atoms with Gasteiger partial charge >= 0.3 is 23.9 Å². The molecule has 0 atom stereocenters. The number of carbonyl (C=O) groups is 4. The van der Waals surface area contributed by atoms with E-state index in [1.165, 1.54) is 44.6 Å². The Bertz CT molecular complexity index is 1610. The van der Waals surface area contributed by atoms with Crippen molar-refractivity contribution < 1.29 is 47.6 Å². The third-order valence-electron chi connectivity index (χ3n) is 6.21. The molecule has 0 fully saturated rings. The number of hydrogen-bond acceptors (Lipinski definition) is 6. The number of carboxylic acid groups (broad SMARTS) is 2. The SMILES string of the molecule is COC(=O)c1cc(Cc2ccc(I)c(C(=O)OC)c2)ccc1F.O=C(O)c1cc(Cc2ccc(I)c(C(=O)O)c2)ccc1F. The van der Waals surface area contributed by atoms with Crippen LogP contribution in [-0.2, 0) is 22.3 Å². The molecule has 0 aliphatic heterocycles. The summed E-state index contributed by atoms with van der Waals surface area (Å²) in [5, 5.41) is 18.0. The Kier molecular flexibility index (Phi) is 12.3. The van der Waals surface area contributed by atoms with Gasteiger partial charge in [-0.15, -0.1) is 0 Å². The maximum absolute atomic E-state index is 13.7. The largest absolute Gasteiger partial charge is 0.478 e. The van der Waals surface area contributed by atoms with Gasteiger partial charge in [0, 0.05) is 7.14 Å². The van der Waals surface area contributed by atoms with Gasteiger partial charge in [0.1, 0.15) is 11.6 Å². The number of methoxy groups -OCH3 is 2. The summed E-state index contributed by atoms with van der Waals surface area (Å²) in [5.41, 5.74) is 3.08. The molecule has 0 aromatic heterocycles. The molecule has 8 nitrogen and oxygen atoms in total. The molecule has 4 aromatic carbocycles. The molecular weight excluding hydrogens is 804 g/mol. The number of hydrogen-bond donors (Lipinski definition) is 2. The van der Waals surface area contributed by atoms with Gasteiger partial charge in [-0.05, 0) is 129 Å². The zero-order chi connectivity index (χ0) is 32.6. The van der Waals surface area contributed by atoms with Gasteiger partial charge in [0.05, 0.1) is 36.5 Å². The summed E-state index contributed by atoms with van der Waals surface area (Å²) >= 11 is 3.99. The highest BCUT2D eigenvalue weighted by atomic mass is 127. The minimum absolute atomic E-state index is 0.108. The normalized spacial score (nSPS) is 10.3. The van der Waals surface area contributed by atoms with Crippen LogP contribution >= 0.6 is 45.2 Å². The van der Waals surface area contributed by atoms with Crippen LogP contribution in [0, 0.1) is 18.8 Å². The summed E-state index contributed by atoms with van der Waals surface area (Å²) in [4.78, 5) is 45.2. The van der Waals surface area contributed by atoms with E-state index in [1.54, 1.807) is 24.3 Å². The van der Waals surface area contributed by atoms with Crippen molar-refractivity contribution in [1.29, 1.82) is 0 Å². The fourth-order valence-electron chi connectivity index (χ4n) is 4.06. The average molecular weight is 828 g/mol. The van der Waals surface area contributed by atoms with E-state index in [9.17, 15) is 28.0 Å². The first-order chi connectivity index (χ1) is 20.8. The monoisotopic (exact) mass is 828 g/mol. The Balaban J connectivity index is 0.000000241. The Hall–Kier alpha value is -3.92. The van der Waals surface area contributed by atoms with Crippen LogP contribution in [0.25, 0.3) is 0 Å². The predicted octanol–water partition coefficient (Wildman–Crippen LogP) is 7.01. The zero-order valence-corrected chi connectivity index (χ0v) is 27.5. The van der Waals surface area contributed by atoms with E-state index in [-0.39, 0.29) is 11.1 Å². The van der Waals surface area contributed by atoms with Crippen molar-refractivity contribution >= 4 is 69.1 Å². The molecule has 0 bridgehead atoms. The second-order valence-corrected chi connectivity index (χ2v) is 11.5. The quantitative estimate of drug-likeness (QED) is 0.144. The highest BCUT2D eigenvalue weighted by Gasteiger charge is 2.15. The van der Waals surface area contributed by atoms with Crippen molar-refractivity contribution in [3.8, 4) is 0 Å². The van der Waals surface area contributed by atoms with Gasteiger partial charge in [0.15, 0.2) is 0 Å². The standard InChI is InChI=1S/C17H14FIO4.C15H10FIO4/c1-22-16(20)12-8-10(3-5-14(12)18)7-11-4-6-15(19)13(9-11)17(21)23-2;16-12-3-1-8(6-10(12)14(18)19)5-9-2-4-13(17)11(7-9)15(20)21/h3-6,8-9H,7H2,1-2H3;1-4,6-7H,5H2,(H,18,19)(H,20,21). The lowest BCUT2D eigenvalue weighted by Gasteiger charge is -2.08. The molecular formula is C32H24F2I2O8. The van der Waals surface area contributed by atoms with Gasteiger partial charge in [-0.3, -0.25) is 0 Å². The molecule has 4 rings (SSSR count). The van der Waals surface area contributed by atoms with E-state index < -0.39 is 41.1 Å². The van der Waals surface area contributed by atoms with Crippen LogP contribution in [0.1, 0.15) is 63.7 Å². The van der Waals surface area contributed by atoms with Crippen LogP contribution in [0.2, 0.25) is 0 Å². The molecule has 0 spiro atoms. The topological polar surface area (TPSA) is 127 Å². The lowest BCUT2D eigenvalue weighted by Crippen LogP contribution is -2.06. The minimum Gasteiger partial charge on any atom is -0.478 e. The minimum atomic E-state index is -1.33. The summed E-state index contributed by atoms with van der Waals surface area (Å²) in [7, 11) is 2.53. The van der Waals surface area contributed by atoms with Gasteiger partial charge in [-0.2, -0.15) is 0 Å². The Morgan fingerprint density at radius 2 is 0.909 bits per heavy atom. The van der Waals surface area contributed by atoms with E-state index in [1.807, 2.05) is 34.7 Å². The fourth-order valence-corrected chi connectivity index (χ4v) is 5.18. The molecule has 0 saturated carbocycles. The molecule has 228 valence electrons. The molecule has 0 saturated heterocycles. The number of halogens is 4. The summed E-state index contributed by atoms with van der Waals surface area (Å²) in [6, 6.07) is 18.5. The number of rotatable bonds is 8. The maximum Gasteiger partial charge on any atom is 0.340 e. The van der Waals surface area contributed by atoms with Crippen molar-refractivity contribution in [2.24, 2.45) is 0 Å². The molecule has 0 heterocycles. The molecule has 0 unspecified atom stereocenters. The van der Waals surface area contributed by atoms with Crippen molar-refractivity contribution in [2.75, 3.05) is 14.2 Å². The first-order valence-electron chi connectivity index (χ1n) is 12.6. The van der Waals surface area contributed by atoms with Crippen molar-refractivity contribution in [1.82, 2.24) is 0 Å². The van der Waals surface area contributed by atoms with Crippen molar-refractivity contribution in [3.63, 3.8) is 0 Å². The maximum atomic E-state index is 13.7. The molecule has 12 heteroatoms. The summed E-state index contributed by atoms with van der Waals surface area (Å²) in [6.45, 7) is 0. The molecule has 0 aliphatic carbocycles. The van der Waals surface area contributed by atoms with E-state index in [2.05, 4.69) is 27.3 Å². The van der Waals surface area contributed by atoms with Crippen LogP contribution in [0.4, 0.5) is 8.78 Å². The van der Waals surface area contributed by atoms with Crippen LogP contribution in [0.3, 0.4) is 0 Å². The van der Waals surface area contributed by atoms with Gasteiger partial charge in [0.25, 0.3) is 0 Å². The van der Waals surface area contributed by atoms with E-state index in [0.717, 1.165) is 26.3 Å². The lowest BCUT2D eigenvalue weighted by molar-refractivity contribution is 0.0588. The third-order valence-corrected chi connectivity index (χ3v) is 8.09. The number of benzene rings is 4. The molecule has 0 radical (unpaired) electrons. The van der Waals surface area contributed by atoms with E-state index in [4.69, 9.17) is 14.9 Å². The fraction of sp³-hybridized carbons (Fsp3) is 0.125. The van der Waals surface area contributed by atoms with Crippen molar-refractivity contribution in [2.45, 2.75) is 12.8 Å². The zero-order valence-electron chi connectivity index (χ0n) is 23.2. The number of aromatic carboxylic acids is 2. The van der Waals surface area contributed by atoms with E-state index >= 15 is 0 Å². The van der Waals surface area contributed by atoms with Crippen LogP contribution < -0.4 is 0 Å². The predicted molar refractivity (Wildman–Crippen MR) is 173 cm³/mol. The van der Waals surface area contributed by atoms with Crippen LogP contribution in [0.15, 0.2) is 72.8 Å². The summed E-state index contributed by atoms with van der Waals surface area (Å²) < 4.78 is 37.7. The lowest BCUT2D eigenvalue weighted by atomic mass is 10.0. The summed E-state index contributed by atoms with van der Waals surface area (Å²) in [6.07, 6.45) is 0.781. The second-order valence-electron chi connectivity index (χ2n) is 9.20. The first-order valence-corrected chi connectivity index (χ1v) is 14.8. The van der Waals surface area contributed by atoms with Gasteiger partial charge in [0.2, 0.25) is 0 Å². The number of ether oxygens (including phenoxy) is 2. The Labute approximate surface area is 278 Å². The van der Waals surface area contributed by atoms with Crippen LogP contribution in [0.5, 0.6) is 0 Å². The molecule has 2 N–H and O–H groups in total. The Morgan fingerprint density at radius 3 is 1.36 bits per heavy atom. The van der Waals surface area contributed by atoms with Gasteiger partial charge in [-0.25, -0.2) is 28.0 Å². The number of esters is 2. The molecule has 0 amide bonds. The second kappa shape index (κ2) is 15.7. The first kappa shape index (κ1) is 34.6. The molecule has 0 aliphatic rings. The van der Waals surface area contributed by atoms with Gasteiger partial charge in [-0.1, -0.05) is 24.3 Å². The highest BCUT2D eigenvalue weighted by molar-refractivity contribution is 14.1. The molecule has 44 heavy (non-hydrogen) atoms. The van der Waals surface area contributed by atoms with E-state index in [0.29, 0.717) is 27.5 Å². The average Bonchev–Trinajstić information content (AvgIpc) is 3.00. The third kappa shape index (κ3) is 9.05. The highest BCUT2D eigenvalue weighted by Crippen LogP contribution is 2.21. The number of carbonyl (C=O) groups excluding carboxylic acids is 2. The molecule has 4 aromatic rings. The Morgan fingerprint density at radius 1 is 0.568 bits per heavy atom. The van der Waals surface area contributed by atoms with Crippen molar-refractivity contribution in [3.05, 3.63) is 136 Å². The van der Waals surface area contributed by atoms with Gasteiger partial charge < -0.3 is 19.7 Å². The smallest absolute Gasteiger partial charge is 0.340 e. The van der Waals surface area contributed by atoms with Crippen LogP contribution in [-0.4, -0.2) is 48.3 Å².